The molecular formula is C22H30O6. The molecule has 0 heterocycles. The van der Waals surface area contributed by atoms with Crippen LogP contribution in [0.2, 0.25) is 0 Å². The van der Waals surface area contributed by atoms with E-state index < -0.39 is 28.8 Å². The van der Waals surface area contributed by atoms with Crippen molar-refractivity contribution in [2.45, 2.75) is 64.1 Å². The molecule has 4 aliphatic rings. The molecule has 7 atom stereocenters. The molecule has 3 fully saturated rings. The van der Waals surface area contributed by atoms with Crippen LogP contribution in [0.1, 0.15) is 52.4 Å². The summed E-state index contributed by atoms with van der Waals surface area (Å²) < 4.78 is 5.71. The average Bonchev–Trinajstić information content (AvgIpc) is 2.92. The first-order valence-electron chi connectivity index (χ1n) is 10.3. The van der Waals surface area contributed by atoms with Gasteiger partial charge in [0.15, 0.2) is 11.6 Å². The van der Waals surface area contributed by atoms with Gasteiger partial charge in [0.25, 0.3) is 0 Å². The zero-order valence-corrected chi connectivity index (χ0v) is 16.9. The van der Waals surface area contributed by atoms with Crippen LogP contribution in [0.25, 0.3) is 0 Å². The van der Waals surface area contributed by atoms with Crippen LogP contribution in [0.15, 0.2) is 11.6 Å². The first-order valence-corrected chi connectivity index (χ1v) is 10.3. The number of rotatable bonds is 3. The molecule has 4 aliphatic carbocycles. The Kier molecular flexibility index (Phi) is 4.49. The number of aliphatic hydroxyl groups is 2. The highest BCUT2D eigenvalue weighted by Gasteiger charge is 2.69. The summed E-state index contributed by atoms with van der Waals surface area (Å²) in [6, 6.07) is 0. The number of fused-ring (bicyclic) bond motifs is 5. The second-order valence-corrected chi connectivity index (χ2v) is 9.67. The summed E-state index contributed by atoms with van der Waals surface area (Å²) in [7, 11) is 1.60. The van der Waals surface area contributed by atoms with E-state index in [-0.39, 0.29) is 54.7 Å². The molecule has 28 heavy (non-hydrogen) atoms. The monoisotopic (exact) mass is 390 g/mol. The molecule has 1 unspecified atom stereocenters. The lowest BCUT2D eigenvalue weighted by molar-refractivity contribution is -0.175. The van der Waals surface area contributed by atoms with Gasteiger partial charge in [-0.2, -0.15) is 0 Å². The van der Waals surface area contributed by atoms with Crippen LogP contribution < -0.4 is 0 Å². The van der Waals surface area contributed by atoms with Crippen molar-refractivity contribution in [3.8, 4) is 0 Å². The van der Waals surface area contributed by atoms with Crippen molar-refractivity contribution in [2.24, 2.45) is 28.6 Å². The fourth-order valence-electron chi connectivity index (χ4n) is 7.32. The smallest absolute Gasteiger partial charge is 0.190 e. The standard InChI is InChI=1S/C22H30O6/c1-20-10-16(25)19-14(15(20)6-7-22(20,27)17(26)11-23)5-4-12-8-13(24)9-18(28-3)21(12,19)2/h8,14-15,18-19,23,27H,4-7,9-11H2,1-3H3/t14-,15-,18?,19+,20-,21+,22-/m0/s1. The highest BCUT2D eigenvalue weighted by molar-refractivity contribution is 5.95. The number of hydrogen-bond donors (Lipinski definition) is 2. The van der Waals surface area contributed by atoms with Gasteiger partial charge in [0.05, 0.1) is 6.10 Å². The molecule has 0 amide bonds. The predicted octanol–water partition coefficient (Wildman–Crippen LogP) is 1.61. The fourth-order valence-corrected chi connectivity index (χ4v) is 7.32. The molecular weight excluding hydrogens is 360 g/mol. The van der Waals surface area contributed by atoms with E-state index in [9.17, 15) is 24.6 Å². The summed E-state index contributed by atoms with van der Waals surface area (Å²) in [6.07, 6.45) is 4.24. The van der Waals surface area contributed by atoms with Crippen LogP contribution in [0, 0.1) is 28.6 Å². The van der Waals surface area contributed by atoms with Crippen LogP contribution in [0.5, 0.6) is 0 Å². The Morgan fingerprint density at radius 3 is 2.64 bits per heavy atom. The number of methoxy groups -OCH3 is 1. The van der Waals surface area contributed by atoms with Crippen LogP contribution in [0.4, 0.5) is 0 Å². The number of hydrogen-bond acceptors (Lipinski definition) is 6. The Labute approximate surface area is 165 Å². The molecule has 0 aliphatic heterocycles. The second-order valence-electron chi connectivity index (χ2n) is 9.67. The van der Waals surface area contributed by atoms with Crippen LogP contribution in [-0.4, -0.2) is 53.0 Å². The predicted molar refractivity (Wildman–Crippen MR) is 100 cm³/mol. The van der Waals surface area contributed by atoms with E-state index in [4.69, 9.17) is 4.74 Å². The number of ketones is 3. The van der Waals surface area contributed by atoms with Crippen molar-refractivity contribution in [3.05, 3.63) is 11.6 Å². The Hall–Kier alpha value is -1.37. The molecule has 0 spiro atoms. The molecule has 154 valence electrons. The molecule has 0 bridgehead atoms. The third-order valence-electron chi connectivity index (χ3n) is 8.78. The Bertz CT molecular complexity index is 771. The number of ether oxygens (including phenoxy) is 1. The summed E-state index contributed by atoms with van der Waals surface area (Å²) in [5.74, 6) is -0.683. The quantitative estimate of drug-likeness (QED) is 0.759. The van der Waals surface area contributed by atoms with Crippen molar-refractivity contribution in [2.75, 3.05) is 13.7 Å². The van der Waals surface area contributed by atoms with Gasteiger partial charge in [-0.1, -0.05) is 19.4 Å². The number of Topliss-reactive ketones (excluding diaryl/α,β-unsaturated/α-hetero) is 2. The Morgan fingerprint density at radius 2 is 2.00 bits per heavy atom. The Balaban J connectivity index is 1.78. The average molecular weight is 390 g/mol. The minimum Gasteiger partial charge on any atom is -0.388 e. The minimum absolute atomic E-state index is 0.0317. The van der Waals surface area contributed by atoms with E-state index in [1.54, 1.807) is 13.2 Å². The summed E-state index contributed by atoms with van der Waals surface area (Å²) >= 11 is 0. The third-order valence-corrected chi connectivity index (χ3v) is 8.78. The van der Waals surface area contributed by atoms with Gasteiger partial charge < -0.3 is 14.9 Å². The number of carbonyl (C=O) groups excluding carboxylic acids is 3. The van der Waals surface area contributed by atoms with Gasteiger partial charge in [-0.05, 0) is 43.6 Å². The van der Waals surface area contributed by atoms with Crippen molar-refractivity contribution < 1.29 is 29.3 Å². The molecule has 2 N–H and O–H groups in total. The van der Waals surface area contributed by atoms with Gasteiger partial charge in [-0.3, -0.25) is 14.4 Å². The Morgan fingerprint density at radius 1 is 1.29 bits per heavy atom. The largest absolute Gasteiger partial charge is 0.388 e. The lowest BCUT2D eigenvalue weighted by Gasteiger charge is -2.59. The summed E-state index contributed by atoms with van der Waals surface area (Å²) in [4.78, 5) is 38.1. The second kappa shape index (κ2) is 6.31. The molecule has 4 rings (SSSR count). The van der Waals surface area contributed by atoms with Gasteiger partial charge in [0.1, 0.15) is 18.0 Å². The van der Waals surface area contributed by atoms with Crippen LogP contribution in [-0.2, 0) is 19.1 Å². The van der Waals surface area contributed by atoms with Gasteiger partial charge in [0, 0.05) is 36.7 Å². The highest BCUT2D eigenvalue weighted by atomic mass is 16.5. The normalized spacial score (nSPS) is 47.8. The lowest BCUT2D eigenvalue weighted by atomic mass is 9.45. The zero-order chi connectivity index (χ0) is 20.5. The van der Waals surface area contributed by atoms with E-state index in [2.05, 4.69) is 6.92 Å². The van der Waals surface area contributed by atoms with Gasteiger partial charge in [-0.25, -0.2) is 0 Å². The molecule has 3 saturated carbocycles. The lowest BCUT2D eigenvalue weighted by Crippen LogP contribution is -2.62. The highest BCUT2D eigenvalue weighted by Crippen LogP contribution is 2.66. The van der Waals surface area contributed by atoms with E-state index in [1.807, 2.05) is 6.92 Å². The maximum Gasteiger partial charge on any atom is 0.190 e. The first-order chi connectivity index (χ1) is 13.1. The topological polar surface area (TPSA) is 101 Å². The first kappa shape index (κ1) is 19.9. The van der Waals surface area contributed by atoms with E-state index >= 15 is 0 Å². The molecule has 6 heteroatoms. The minimum atomic E-state index is -1.65. The van der Waals surface area contributed by atoms with E-state index in [0.717, 1.165) is 18.4 Å². The van der Waals surface area contributed by atoms with Crippen molar-refractivity contribution in [1.29, 1.82) is 0 Å². The summed E-state index contributed by atoms with van der Waals surface area (Å²) in [6.45, 7) is 3.19. The van der Waals surface area contributed by atoms with Crippen molar-refractivity contribution >= 4 is 17.3 Å². The van der Waals surface area contributed by atoms with Crippen LogP contribution >= 0.6 is 0 Å². The molecule has 0 aromatic heterocycles. The van der Waals surface area contributed by atoms with E-state index in [0.29, 0.717) is 6.42 Å². The third kappa shape index (κ3) is 2.28. The number of aliphatic hydroxyl groups excluding tert-OH is 1. The molecule has 0 aromatic rings. The summed E-state index contributed by atoms with van der Waals surface area (Å²) in [5.41, 5.74) is -2.01. The fraction of sp³-hybridized carbons (Fsp3) is 0.773. The molecule has 0 aromatic carbocycles. The molecule has 0 saturated heterocycles. The van der Waals surface area contributed by atoms with Gasteiger partial charge >= 0.3 is 0 Å². The number of carbonyl (C=O) groups is 3. The maximum atomic E-state index is 13.5. The summed E-state index contributed by atoms with van der Waals surface area (Å²) in [5, 5.41) is 20.6. The van der Waals surface area contributed by atoms with Crippen molar-refractivity contribution in [3.63, 3.8) is 0 Å². The zero-order valence-electron chi connectivity index (χ0n) is 16.9. The molecule has 0 radical (unpaired) electrons. The van der Waals surface area contributed by atoms with Crippen LogP contribution in [0.3, 0.4) is 0 Å². The SMILES string of the molecule is COC1CC(=O)C=C2CC[C@H]3[C@@H]4CC[C@](O)(C(=O)CO)[C@@]4(C)CC(=O)[C@@H]3[C@]21C. The maximum absolute atomic E-state index is 13.5. The van der Waals surface area contributed by atoms with E-state index in [1.165, 1.54) is 0 Å². The van der Waals surface area contributed by atoms with Gasteiger partial charge in [0.2, 0.25) is 0 Å². The van der Waals surface area contributed by atoms with Gasteiger partial charge in [-0.15, -0.1) is 0 Å². The van der Waals surface area contributed by atoms with Crippen molar-refractivity contribution in [1.82, 2.24) is 0 Å². The molecule has 6 nitrogen and oxygen atoms in total.